The maximum atomic E-state index is 12.1. The highest BCUT2D eigenvalue weighted by molar-refractivity contribution is 5.78. The summed E-state index contributed by atoms with van der Waals surface area (Å²) in [6.45, 7) is 3.37. The van der Waals surface area contributed by atoms with Crippen LogP contribution in [0.1, 0.15) is 30.1 Å². The zero-order valence-corrected chi connectivity index (χ0v) is 14.1. The number of nitrogens with zero attached hydrogens (tertiary/aromatic N) is 5. The Labute approximate surface area is 145 Å². The van der Waals surface area contributed by atoms with E-state index >= 15 is 0 Å². The van der Waals surface area contributed by atoms with Crippen LogP contribution in [-0.2, 0) is 4.79 Å². The number of fused-ring (bicyclic) bond motifs is 1. The summed E-state index contributed by atoms with van der Waals surface area (Å²) in [6, 6.07) is 12.1. The summed E-state index contributed by atoms with van der Waals surface area (Å²) >= 11 is 0. The first-order valence-electron chi connectivity index (χ1n) is 8.47. The summed E-state index contributed by atoms with van der Waals surface area (Å²) in [4.78, 5) is 22.6. The standard InChI is InChI=1S/C18H20N6O/c1-13-10-16(24-18(21-13)19-12-20-24)22-15(14-6-3-2-4-7-14)11-23-9-5-8-17(23)25/h2-4,6-7,10,12,15,22H,5,8-9,11H2,1H3/t15-/m0/s1. The SMILES string of the molecule is Cc1cc(N[C@@H](CN2CCCC2=O)c2ccccc2)n2ncnc2n1. The number of carbonyl (C=O) groups is 1. The Bertz CT molecular complexity index is 891. The van der Waals surface area contributed by atoms with Crippen molar-refractivity contribution in [3.63, 3.8) is 0 Å². The van der Waals surface area contributed by atoms with Crippen molar-refractivity contribution in [1.82, 2.24) is 24.5 Å². The van der Waals surface area contributed by atoms with Gasteiger partial charge < -0.3 is 10.2 Å². The molecule has 2 aromatic heterocycles. The van der Waals surface area contributed by atoms with E-state index in [-0.39, 0.29) is 11.9 Å². The summed E-state index contributed by atoms with van der Waals surface area (Å²) < 4.78 is 1.69. The zero-order chi connectivity index (χ0) is 17.2. The van der Waals surface area contributed by atoms with Gasteiger partial charge in [-0.1, -0.05) is 30.3 Å². The molecule has 1 N–H and O–H groups in total. The van der Waals surface area contributed by atoms with Crippen LogP contribution in [0.2, 0.25) is 0 Å². The van der Waals surface area contributed by atoms with Gasteiger partial charge in [-0.15, -0.1) is 0 Å². The number of benzene rings is 1. The second-order valence-electron chi connectivity index (χ2n) is 6.31. The maximum Gasteiger partial charge on any atom is 0.254 e. The molecule has 1 aliphatic heterocycles. The summed E-state index contributed by atoms with van der Waals surface area (Å²) in [5, 5.41) is 7.79. The van der Waals surface area contributed by atoms with Gasteiger partial charge >= 0.3 is 0 Å². The van der Waals surface area contributed by atoms with Crippen LogP contribution >= 0.6 is 0 Å². The van der Waals surface area contributed by atoms with Gasteiger partial charge in [-0.05, 0) is 18.9 Å². The first kappa shape index (κ1) is 15.6. The molecule has 0 aliphatic carbocycles. The number of likely N-dealkylation sites (tertiary alicyclic amines) is 1. The van der Waals surface area contributed by atoms with E-state index in [1.165, 1.54) is 6.33 Å². The third kappa shape index (κ3) is 3.17. The van der Waals surface area contributed by atoms with Crippen LogP contribution in [0.3, 0.4) is 0 Å². The topological polar surface area (TPSA) is 75.4 Å². The van der Waals surface area contributed by atoms with Crippen LogP contribution in [0.5, 0.6) is 0 Å². The monoisotopic (exact) mass is 336 g/mol. The molecule has 1 fully saturated rings. The average Bonchev–Trinajstić information content (AvgIpc) is 3.24. The number of aryl methyl sites for hydroxylation is 1. The Kier molecular flexibility index (Phi) is 4.05. The highest BCUT2D eigenvalue weighted by Gasteiger charge is 2.25. The molecule has 3 aromatic rings. The lowest BCUT2D eigenvalue weighted by atomic mass is 10.1. The first-order valence-corrected chi connectivity index (χ1v) is 8.47. The van der Waals surface area contributed by atoms with Crippen molar-refractivity contribution in [2.75, 3.05) is 18.4 Å². The number of hydrogen-bond acceptors (Lipinski definition) is 5. The van der Waals surface area contributed by atoms with E-state index < -0.39 is 0 Å². The Morgan fingerprint density at radius 2 is 2.12 bits per heavy atom. The number of carbonyl (C=O) groups excluding carboxylic acids is 1. The molecular formula is C18H20N6O. The molecule has 1 atom stereocenters. The molecule has 0 spiro atoms. The molecule has 7 nitrogen and oxygen atoms in total. The van der Waals surface area contributed by atoms with Gasteiger partial charge in [0.25, 0.3) is 5.78 Å². The van der Waals surface area contributed by atoms with E-state index in [1.807, 2.05) is 36.1 Å². The summed E-state index contributed by atoms with van der Waals surface area (Å²) in [6.07, 6.45) is 3.07. The lowest BCUT2D eigenvalue weighted by Gasteiger charge is -2.26. The molecule has 25 heavy (non-hydrogen) atoms. The lowest BCUT2D eigenvalue weighted by molar-refractivity contribution is -0.127. The molecule has 0 saturated carbocycles. The number of aromatic nitrogens is 4. The fraction of sp³-hybridized carbons (Fsp3) is 0.333. The summed E-state index contributed by atoms with van der Waals surface area (Å²) in [5.74, 6) is 1.60. The molecular weight excluding hydrogens is 316 g/mol. The van der Waals surface area contributed by atoms with Crippen molar-refractivity contribution in [2.24, 2.45) is 0 Å². The molecule has 0 radical (unpaired) electrons. The summed E-state index contributed by atoms with van der Waals surface area (Å²) in [5.41, 5.74) is 2.00. The molecule has 1 amide bonds. The molecule has 3 heterocycles. The predicted octanol–water partition coefficient (Wildman–Crippen LogP) is 2.21. The summed E-state index contributed by atoms with van der Waals surface area (Å²) in [7, 11) is 0. The van der Waals surface area contributed by atoms with Gasteiger partial charge in [0.15, 0.2) is 0 Å². The van der Waals surface area contributed by atoms with Gasteiger partial charge in [0.2, 0.25) is 5.91 Å². The van der Waals surface area contributed by atoms with Gasteiger partial charge in [-0.3, -0.25) is 4.79 Å². The van der Waals surface area contributed by atoms with Gasteiger partial charge in [-0.2, -0.15) is 14.6 Å². The fourth-order valence-electron chi connectivity index (χ4n) is 3.25. The van der Waals surface area contributed by atoms with E-state index in [0.717, 1.165) is 30.0 Å². The van der Waals surface area contributed by atoms with Crippen molar-refractivity contribution in [3.8, 4) is 0 Å². The molecule has 1 saturated heterocycles. The second-order valence-corrected chi connectivity index (χ2v) is 6.31. The highest BCUT2D eigenvalue weighted by atomic mass is 16.2. The Morgan fingerprint density at radius 1 is 1.28 bits per heavy atom. The van der Waals surface area contributed by atoms with Crippen molar-refractivity contribution in [1.29, 1.82) is 0 Å². The number of amides is 1. The van der Waals surface area contributed by atoms with E-state index in [9.17, 15) is 4.79 Å². The highest BCUT2D eigenvalue weighted by Crippen LogP contribution is 2.23. The van der Waals surface area contributed by atoms with Gasteiger partial charge in [-0.25, -0.2) is 4.98 Å². The van der Waals surface area contributed by atoms with Crippen molar-refractivity contribution >= 4 is 17.5 Å². The lowest BCUT2D eigenvalue weighted by Crippen LogP contribution is -2.33. The molecule has 128 valence electrons. The molecule has 0 bridgehead atoms. The third-order valence-electron chi connectivity index (χ3n) is 4.48. The van der Waals surface area contributed by atoms with Crippen LogP contribution in [0.15, 0.2) is 42.7 Å². The third-order valence-corrected chi connectivity index (χ3v) is 4.48. The minimum Gasteiger partial charge on any atom is -0.361 e. The van der Waals surface area contributed by atoms with E-state index in [4.69, 9.17) is 0 Å². The largest absolute Gasteiger partial charge is 0.361 e. The van der Waals surface area contributed by atoms with Gasteiger partial charge in [0.05, 0.1) is 6.04 Å². The Hall–Kier alpha value is -2.96. The zero-order valence-electron chi connectivity index (χ0n) is 14.1. The van der Waals surface area contributed by atoms with Crippen LogP contribution in [-0.4, -0.2) is 43.5 Å². The Morgan fingerprint density at radius 3 is 2.88 bits per heavy atom. The average molecular weight is 336 g/mol. The first-order chi connectivity index (χ1) is 12.2. The van der Waals surface area contributed by atoms with Crippen molar-refractivity contribution < 1.29 is 4.79 Å². The molecule has 1 aliphatic rings. The van der Waals surface area contributed by atoms with Crippen molar-refractivity contribution in [3.05, 3.63) is 54.0 Å². The number of hydrogen-bond donors (Lipinski definition) is 1. The van der Waals surface area contributed by atoms with Crippen LogP contribution in [0.25, 0.3) is 5.78 Å². The minimum atomic E-state index is -0.0301. The number of anilines is 1. The molecule has 0 unspecified atom stereocenters. The fourth-order valence-corrected chi connectivity index (χ4v) is 3.25. The van der Waals surface area contributed by atoms with Crippen LogP contribution in [0.4, 0.5) is 5.82 Å². The molecule has 4 rings (SSSR count). The van der Waals surface area contributed by atoms with E-state index in [1.54, 1.807) is 4.52 Å². The maximum absolute atomic E-state index is 12.1. The van der Waals surface area contributed by atoms with Crippen molar-refractivity contribution in [2.45, 2.75) is 25.8 Å². The van der Waals surface area contributed by atoms with E-state index in [2.05, 4.69) is 32.5 Å². The Balaban J connectivity index is 1.67. The predicted molar refractivity (Wildman–Crippen MR) is 94.1 cm³/mol. The normalized spacial score (nSPS) is 15.7. The number of rotatable bonds is 5. The van der Waals surface area contributed by atoms with Gasteiger partial charge in [0.1, 0.15) is 12.1 Å². The number of nitrogens with one attached hydrogen (secondary N) is 1. The van der Waals surface area contributed by atoms with Crippen LogP contribution in [0, 0.1) is 6.92 Å². The van der Waals surface area contributed by atoms with Crippen LogP contribution < -0.4 is 5.32 Å². The molecule has 1 aromatic carbocycles. The quantitative estimate of drug-likeness (QED) is 0.773. The van der Waals surface area contributed by atoms with E-state index in [0.29, 0.717) is 18.7 Å². The smallest absolute Gasteiger partial charge is 0.254 e. The minimum absolute atomic E-state index is 0.0301. The second kappa shape index (κ2) is 6.51. The molecule has 7 heteroatoms. The van der Waals surface area contributed by atoms with Gasteiger partial charge in [0, 0.05) is 31.3 Å².